The fourth-order valence-electron chi connectivity index (χ4n) is 5.22. The SMILES string of the molecule is CCc1ccc(-c2[nH]nc3c2[C@H](c2ccc(N(C)C)cc2)C2=C(CC(C)(C)CC2=O)N3)cc1. The molecule has 2 aromatic carbocycles. The minimum absolute atomic E-state index is 0.0606. The van der Waals surface area contributed by atoms with Crippen molar-refractivity contribution in [2.24, 2.45) is 5.41 Å². The number of hydrogen-bond acceptors (Lipinski definition) is 4. The Morgan fingerprint density at radius 2 is 1.73 bits per heavy atom. The van der Waals surface area contributed by atoms with Crippen molar-refractivity contribution in [2.45, 2.75) is 46.0 Å². The smallest absolute Gasteiger partial charge is 0.162 e. The lowest BCUT2D eigenvalue weighted by Crippen LogP contribution is -2.33. The number of allylic oxidation sites excluding steroid dienone is 2. The number of nitrogens with zero attached hydrogens (tertiary/aromatic N) is 2. The van der Waals surface area contributed by atoms with Crippen LogP contribution in [-0.4, -0.2) is 30.1 Å². The number of aromatic nitrogens is 2. The Morgan fingerprint density at radius 3 is 2.36 bits per heavy atom. The quantitative estimate of drug-likeness (QED) is 0.530. The molecule has 1 aliphatic heterocycles. The number of anilines is 2. The highest BCUT2D eigenvalue weighted by Crippen LogP contribution is 2.51. The number of carbonyl (C=O) groups is 1. The molecule has 5 heteroatoms. The normalized spacial score (nSPS) is 19.1. The molecule has 0 spiro atoms. The number of Topliss-reactive ketones (excluding diaryl/α,β-unsaturated/α-hetero) is 1. The summed E-state index contributed by atoms with van der Waals surface area (Å²) in [5.41, 5.74) is 8.54. The number of aryl methyl sites for hydroxylation is 1. The Hall–Kier alpha value is -3.34. The van der Waals surface area contributed by atoms with E-state index < -0.39 is 0 Å². The molecule has 170 valence electrons. The van der Waals surface area contributed by atoms with Crippen molar-refractivity contribution in [1.29, 1.82) is 0 Å². The van der Waals surface area contributed by atoms with E-state index in [9.17, 15) is 4.79 Å². The average Bonchev–Trinajstić information content (AvgIpc) is 3.20. The van der Waals surface area contributed by atoms with Gasteiger partial charge in [-0.05, 0) is 47.1 Å². The topological polar surface area (TPSA) is 61.0 Å². The first kappa shape index (κ1) is 21.5. The zero-order valence-electron chi connectivity index (χ0n) is 20.1. The Kier molecular flexibility index (Phi) is 5.15. The molecule has 0 unspecified atom stereocenters. The third-order valence-corrected chi connectivity index (χ3v) is 6.96. The van der Waals surface area contributed by atoms with Gasteiger partial charge in [-0.2, -0.15) is 5.10 Å². The first-order chi connectivity index (χ1) is 15.8. The molecule has 0 saturated carbocycles. The van der Waals surface area contributed by atoms with E-state index in [0.29, 0.717) is 6.42 Å². The molecular formula is C28H32N4O. The minimum atomic E-state index is -0.143. The number of ketones is 1. The fraction of sp³-hybridized carbons (Fsp3) is 0.357. The molecule has 1 aliphatic carbocycles. The lowest BCUT2D eigenvalue weighted by atomic mass is 9.69. The number of H-pyrrole nitrogens is 1. The summed E-state index contributed by atoms with van der Waals surface area (Å²) in [5.74, 6) is 0.917. The van der Waals surface area contributed by atoms with Crippen molar-refractivity contribution in [3.8, 4) is 11.3 Å². The maximum absolute atomic E-state index is 13.5. The van der Waals surface area contributed by atoms with E-state index in [4.69, 9.17) is 0 Å². The fourth-order valence-corrected chi connectivity index (χ4v) is 5.22. The van der Waals surface area contributed by atoms with Crippen LogP contribution in [0, 0.1) is 5.41 Å². The molecule has 2 heterocycles. The van der Waals surface area contributed by atoms with Gasteiger partial charge in [0, 0.05) is 49.0 Å². The average molecular weight is 441 g/mol. The van der Waals surface area contributed by atoms with Gasteiger partial charge < -0.3 is 10.2 Å². The summed E-state index contributed by atoms with van der Waals surface area (Å²) in [6.07, 6.45) is 2.41. The highest BCUT2D eigenvalue weighted by Gasteiger charge is 2.42. The van der Waals surface area contributed by atoms with E-state index in [0.717, 1.165) is 58.0 Å². The molecule has 1 atom stereocenters. The van der Waals surface area contributed by atoms with E-state index in [1.165, 1.54) is 5.56 Å². The van der Waals surface area contributed by atoms with E-state index in [-0.39, 0.29) is 17.1 Å². The van der Waals surface area contributed by atoms with Gasteiger partial charge in [0.05, 0.1) is 5.69 Å². The molecule has 0 bridgehead atoms. The summed E-state index contributed by atoms with van der Waals surface area (Å²) in [6.45, 7) is 6.49. The molecule has 5 nitrogen and oxygen atoms in total. The van der Waals surface area contributed by atoms with Crippen LogP contribution in [0.3, 0.4) is 0 Å². The number of rotatable bonds is 4. The first-order valence-corrected chi connectivity index (χ1v) is 11.8. The van der Waals surface area contributed by atoms with Crippen LogP contribution < -0.4 is 10.2 Å². The third-order valence-electron chi connectivity index (χ3n) is 6.96. The predicted molar refractivity (Wildman–Crippen MR) is 135 cm³/mol. The van der Waals surface area contributed by atoms with E-state index >= 15 is 0 Å². The van der Waals surface area contributed by atoms with Gasteiger partial charge in [0.2, 0.25) is 0 Å². The van der Waals surface area contributed by atoms with Gasteiger partial charge in [0.15, 0.2) is 11.6 Å². The molecule has 1 aromatic heterocycles. The molecule has 33 heavy (non-hydrogen) atoms. The lowest BCUT2D eigenvalue weighted by molar-refractivity contribution is -0.118. The number of fused-ring (bicyclic) bond motifs is 1. The number of benzene rings is 2. The Bertz CT molecular complexity index is 1230. The van der Waals surface area contributed by atoms with E-state index in [1.807, 2.05) is 14.1 Å². The van der Waals surface area contributed by atoms with Crippen molar-refractivity contribution in [3.05, 3.63) is 76.5 Å². The van der Waals surface area contributed by atoms with Crippen LogP contribution in [0.25, 0.3) is 11.3 Å². The Balaban J connectivity index is 1.69. The molecule has 2 aliphatic rings. The van der Waals surface area contributed by atoms with Gasteiger partial charge in [0.1, 0.15) is 0 Å². The monoisotopic (exact) mass is 440 g/mol. The van der Waals surface area contributed by atoms with Crippen molar-refractivity contribution < 1.29 is 4.79 Å². The predicted octanol–water partition coefficient (Wildman–Crippen LogP) is 5.91. The molecule has 0 fully saturated rings. The zero-order chi connectivity index (χ0) is 23.3. The van der Waals surface area contributed by atoms with Gasteiger partial charge in [0.25, 0.3) is 0 Å². The molecule has 2 N–H and O–H groups in total. The molecule has 0 saturated heterocycles. The maximum atomic E-state index is 13.5. The van der Waals surface area contributed by atoms with Crippen molar-refractivity contribution >= 4 is 17.3 Å². The minimum Gasteiger partial charge on any atom is -0.378 e. The molecule has 3 aromatic rings. The number of hydrogen-bond donors (Lipinski definition) is 2. The number of nitrogens with one attached hydrogen (secondary N) is 2. The maximum Gasteiger partial charge on any atom is 0.162 e. The van der Waals surface area contributed by atoms with Crippen LogP contribution >= 0.6 is 0 Å². The van der Waals surface area contributed by atoms with Crippen molar-refractivity contribution in [3.63, 3.8) is 0 Å². The Labute approximate surface area is 195 Å². The summed E-state index contributed by atoms with van der Waals surface area (Å²) in [4.78, 5) is 15.6. The second kappa shape index (κ2) is 7.91. The molecule has 0 radical (unpaired) electrons. The lowest BCUT2D eigenvalue weighted by Gasteiger charge is -2.38. The van der Waals surface area contributed by atoms with Crippen LogP contribution in [-0.2, 0) is 11.2 Å². The van der Waals surface area contributed by atoms with Crippen LogP contribution in [0.4, 0.5) is 11.5 Å². The molecule has 5 rings (SSSR count). The van der Waals surface area contributed by atoms with E-state index in [1.54, 1.807) is 0 Å². The highest BCUT2D eigenvalue weighted by atomic mass is 16.1. The van der Waals surface area contributed by atoms with Crippen LogP contribution in [0.1, 0.15) is 56.2 Å². The van der Waals surface area contributed by atoms with E-state index in [2.05, 4.69) is 89.7 Å². The van der Waals surface area contributed by atoms with Crippen molar-refractivity contribution in [2.75, 3.05) is 24.3 Å². The van der Waals surface area contributed by atoms with Gasteiger partial charge >= 0.3 is 0 Å². The highest BCUT2D eigenvalue weighted by molar-refractivity contribution is 6.02. The van der Waals surface area contributed by atoms with Gasteiger partial charge in [-0.15, -0.1) is 0 Å². The summed E-state index contributed by atoms with van der Waals surface area (Å²) in [7, 11) is 4.08. The summed E-state index contributed by atoms with van der Waals surface area (Å²) in [6, 6.07) is 17.2. The Morgan fingerprint density at radius 1 is 1.03 bits per heavy atom. The largest absolute Gasteiger partial charge is 0.378 e. The van der Waals surface area contributed by atoms with Gasteiger partial charge in [-0.25, -0.2) is 0 Å². The molecule has 0 amide bonds. The zero-order valence-corrected chi connectivity index (χ0v) is 20.1. The van der Waals surface area contributed by atoms with Crippen LogP contribution in [0.5, 0.6) is 0 Å². The summed E-state index contributed by atoms with van der Waals surface area (Å²) >= 11 is 0. The number of carbonyl (C=O) groups excluding carboxylic acids is 1. The second-order valence-electron chi connectivity index (χ2n) is 10.3. The molecular weight excluding hydrogens is 408 g/mol. The van der Waals surface area contributed by atoms with Gasteiger partial charge in [-0.1, -0.05) is 57.2 Å². The third kappa shape index (κ3) is 3.75. The first-order valence-electron chi connectivity index (χ1n) is 11.8. The second-order valence-corrected chi connectivity index (χ2v) is 10.3. The number of aromatic amines is 1. The standard InChI is InChI=1S/C28H32N4O/c1-6-17-7-9-19(10-8-17)26-25-23(18-11-13-20(14-12-18)32(4)5)24-21(29-27(25)31-30-26)15-28(2,3)16-22(24)33/h7-14,23H,6,15-16H2,1-5H3,(H2,29,30,31)/t23-/m1/s1. The van der Waals surface area contributed by atoms with Gasteiger partial charge in [-0.3, -0.25) is 9.89 Å². The van der Waals surface area contributed by atoms with Crippen molar-refractivity contribution in [1.82, 2.24) is 10.2 Å². The van der Waals surface area contributed by atoms with Crippen LogP contribution in [0.15, 0.2) is 59.8 Å². The van der Waals surface area contributed by atoms with Crippen LogP contribution in [0.2, 0.25) is 0 Å². The summed E-state index contributed by atoms with van der Waals surface area (Å²) < 4.78 is 0. The summed E-state index contributed by atoms with van der Waals surface area (Å²) in [5, 5.41) is 11.5.